The minimum absolute atomic E-state index is 0.108. The molecule has 0 aliphatic rings. The molecule has 0 bridgehead atoms. The number of hydrogen-bond acceptors (Lipinski definition) is 6. The van der Waals surface area contributed by atoms with Crippen molar-refractivity contribution < 1.29 is 13.2 Å². The molecule has 19 heavy (non-hydrogen) atoms. The molecule has 0 fully saturated rings. The fraction of sp³-hybridized carbons (Fsp3) is 0.400. The van der Waals surface area contributed by atoms with Gasteiger partial charge in [-0.15, -0.1) is 0 Å². The predicted molar refractivity (Wildman–Crippen MR) is 73.7 cm³/mol. The number of aromatic nitrogens is 1. The number of nitrogens with zero attached hydrogens (tertiary/aromatic N) is 1. The topological polar surface area (TPSA) is 114 Å². The van der Waals surface area contributed by atoms with E-state index in [1.54, 1.807) is 6.92 Å². The van der Waals surface area contributed by atoms with Crippen molar-refractivity contribution in [2.45, 2.75) is 13.0 Å². The average Bonchev–Trinajstić information content (AvgIpc) is 2.25. The van der Waals surface area contributed by atoms with Crippen LogP contribution in [0.5, 0.6) is 0 Å². The molecule has 1 atom stereocenters. The molecule has 1 aromatic heterocycles. The molecule has 0 spiro atoms. The number of rotatable bonds is 5. The Morgan fingerprint density at radius 1 is 1.53 bits per heavy atom. The molecule has 0 aromatic carbocycles. The number of pyridine rings is 1. The smallest absolute Gasteiger partial charge is 0.251 e. The zero-order chi connectivity index (χ0) is 14.6. The molecule has 0 aliphatic carbocycles. The van der Waals surface area contributed by atoms with E-state index in [-0.39, 0.29) is 22.3 Å². The summed E-state index contributed by atoms with van der Waals surface area (Å²) in [6.45, 7) is 1.60. The van der Waals surface area contributed by atoms with Crippen LogP contribution in [-0.2, 0) is 9.84 Å². The summed E-state index contributed by atoms with van der Waals surface area (Å²) < 4.78 is 22.2. The maximum absolute atomic E-state index is 11.9. The van der Waals surface area contributed by atoms with Crippen LogP contribution in [0.15, 0.2) is 12.1 Å². The van der Waals surface area contributed by atoms with Crippen LogP contribution >= 0.6 is 11.6 Å². The summed E-state index contributed by atoms with van der Waals surface area (Å²) in [5, 5.41) is 2.67. The lowest BCUT2D eigenvalue weighted by Crippen LogP contribution is -2.37. The van der Waals surface area contributed by atoms with Gasteiger partial charge in [0.1, 0.15) is 20.8 Å². The van der Waals surface area contributed by atoms with Gasteiger partial charge in [-0.1, -0.05) is 11.6 Å². The Hall–Kier alpha value is -1.38. The van der Waals surface area contributed by atoms with Gasteiger partial charge in [-0.3, -0.25) is 4.79 Å². The zero-order valence-corrected chi connectivity index (χ0v) is 12.0. The minimum Gasteiger partial charge on any atom is -0.349 e. The molecular weight excluding hydrogens is 292 g/mol. The van der Waals surface area contributed by atoms with Crippen LogP contribution in [0.2, 0.25) is 5.15 Å². The number of hydrogen-bond donors (Lipinski definition) is 3. The van der Waals surface area contributed by atoms with E-state index in [0.717, 1.165) is 6.26 Å². The lowest BCUT2D eigenvalue weighted by molar-refractivity contribution is 0.0943. The fourth-order valence-electron chi connectivity index (χ4n) is 1.50. The Kier molecular flexibility index (Phi) is 5.10. The number of halogens is 1. The second-order valence-electron chi connectivity index (χ2n) is 4.18. The molecule has 1 unspecified atom stereocenters. The molecule has 0 saturated heterocycles. The molecule has 106 valence electrons. The van der Waals surface area contributed by atoms with Crippen molar-refractivity contribution in [3.8, 4) is 0 Å². The van der Waals surface area contributed by atoms with Gasteiger partial charge in [0, 0.05) is 17.9 Å². The number of amides is 1. The Balaban J connectivity index is 2.81. The Bertz CT molecular complexity index is 576. The lowest BCUT2D eigenvalue weighted by Gasteiger charge is -2.13. The molecule has 1 heterocycles. The molecule has 0 aliphatic heterocycles. The number of nitrogens with two attached hydrogens (primary N) is 1. The van der Waals surface area contributed by atoms with Crippen molar-refractivity contribution in [1.82, 2.24) is 10.3 Å². The highest BCUT2D eigenvalue weighted by Gasteiger charge is 2.15. The van der Waals surface area contributed by atoms with Crippen LogP contribution in [-0.4, -0.2) is 37.4 Å². The zero-order valence-electron chi connectivity index (χ0n) is 10.5. The standard InChI is InChI=1S/C10H15ClN4O3S/c1-6(5-19(2,17)18)13-10(16)7-3-8(11)14-9(4-7)15-12/h3-4,6H,5,12H2,1-2H3,(H,13,16)(H,14,15). The minimum atomic E-state index is -3.16. The highest BCUT2D eigenvalue weighted by Crippen LogP contribution is 2.13. The molecule has 1 amide bonds. The molecule has 1 rings (SSSR count). The first-order chi connectivity index (χ1) is 8.71. The Morgan fingerprint density at radius 2 is 2.16 bits per heavy atom. The van der Waals surface area contributed by atoms with Gasteiger partial charge in [0.15, 0.2) is 0 Å². The normalized spacial score (nSPS) is 12.8. The summed E-state index contributed by atoms with van der Waals surface area (Å²) in [5.74, 6) is 4.85. The van der Waals surface area contributed by atoms with Crippen LogP contribution in [0.1, 0.15) is 17.3 Å². The molecule has 7 nitrogen and oxygen atoms in total. The van der Waals surface area contributed by atoms with Crippen LogP contribution < -0.4 is 16.6 Å². The maximum Gasteiger partial charge on any atom is 0.251 e. The second kappa shape index (κ2) is 6.18. The van der Waals surface area contributed by atoms with E-state index >= 15 is 0 Å². The number of carbonyl (C=O) groups excluding carboxylic acids is 1. The number of anilines is 1. The Morgan fingerprint density at radius 3 is 2.68 bits per heavy atom. The molecule has 0 radical (unpaired) electrons. The predicted octanol–water partition coefficient (Wildman–Crippen LogP) is 0.183. The van der Waals surface area contributed by atoms with Crippen LogP contribution in [0.3, 0.4) is 0 Å². The average molecular weight is 307 g/mol. The first kappa shape index (κ1) is 15.7. The number of nitrogens with one attached hydrogen (secondary N) is 2. The van der Waals surface area contributed by atoms with E-state index in [0.29, 0.717) is 0 Å². The van der Waals surface area contributed by atoms with Crippen LogP contribution in [0.4, 0.5) is 5.82 Å². The van der Waals surface area contributed by atoms with Crippen molar-refractivity contribution in [3.63, 3.8) is 0 Å². The van der Waals surface area contributed by atoms with Crippen LogP contribution in [0, 0.1) is 0 Å². The molecule has 0 saturated carbocycles. The first-order valence-electron chi connectivity index (χ1n) is 5.34. The SMILES string of the molecule is CC(CS(C)(=O)=O)NC(=O)c1cc(Cl)nc(NN)c1. The van der Waals surface area contributed by atoms with E-state index in [9.17, 15) is 13.2 Å². The van der Waals surface area contributed by atoms with Gasteiger partial charge in [0.25, 0.3) is 5.91 Å². The summed E-state index contributed by atoms with van der Waals surface area (Å²) in [6, 6.07) is 2.27. The second-order valence-corrected chi connectivity index (χ2v) is 6.75. The van der Waals surface area contributed by atoms with Gasteiger partial charge in [-0.25, -0.2) is 19.2 Å². The number of hydrazine groups is 1. The van der Waals surface area contributed by atoms with Gasteiger partial charge < -0.3 is 10.7 Å². The summed E-state index contributed by atoms with van der Waals surface area (Å²) in [5.41, 5.74) is 2.53. The van der Waals surface area contributed by atoms with Gasteiger partial charge >= 0.3 is 0 Å². The van der Waals surface area contributed by atoms with E-state index in [2.05, 4.69) is 15.7 Å². The van der Waals surface area contributed by atoms with Crippen molar-refractivity contribution in [1.29, 1.82) is 0 Å². The number of carbonyl (C=O) groups is 1. The first-order valence-corrected chi connectivity index (χ1v) is 7.78. The highest BCUT2D eigenvalue weighted by atomic mass is 35.5. The fourth-order valence-corrected chi connectivity index (χ4v) is 2.71. The van der Waals surface area contributed by atoms with Crippen molar-refractivity contribution in [2.75, 3.05) is 17.4 Å². The third-order valence-corrected chi connectivity index (χ3v) is 3.43. The van der Waals surface area contributed by atoms with Crippen LogP contribution in [0.25, 0.3) is 0 Å². The summed E-state index contributed by atoms with van der Waals surface area (Å²) >= 11 is 5.73. The van der Waals surface area contributed by atoms with Gasteiger partial charge in [0.05, 0.1) is 5.75 Å². The van der Waals surface area contributed by atoms with E-state index < -0.39 is 21.8 Å². The Labute approximate surface area is 116 Å². The highest BCUT2D eigenvalue weighted by molar-refractivity contribution is 7.90. The third kappa shape index (κ3) is 5.41. The molecular formula is C10H15ClN4O3S. The third-order valence-electron chi connectivity index (χ3n) is 2.13. The molecule has 4 N–H and O–H groups in total. The van der Waals surface area contributed by atoms with Crippen molar-refractivity contribution in [2.24, 2.45) is 5.84 Å². The summed E-state index contributed by atoms with van der Waals surface area (Å²) in [6.07, 6.45) is 1.11. The molecule has 9 heteroatoms. The quantitative estimate of drug-likeness (QED) is 0.406. The van der Waals surface area contributed by atoms with Gasteiger partial charge in [0.2, 0.25) is 0 Å². The maximum atomic E-state index is 11.9. The van der Waals surface area contributed by atoms with Gasteiger partial charge in [-0.05, 0) is 19.1 Å². The number of nitrogen functional groups attached to an aromatic ring is 1. The van der Waals surface area contributed by atoms with Crippen molar-refractivity contribution >= 4 is 33.2 Å². The van der Waals surface area contributed by atoms with Gasteiger partial charge in [-0.2, -0.15) is 0 Å². The van der Waals surface area contributed by atoms with E-state index in [1.807, 2.05) is 0 Å². The molecule has 1 aromatic rings. The lowest BCUT2D eigenvalue weighted by atomic mass is 10.2. The van der Waals surface area contributed by atoms with Crippen molar-refractivity contribution in [3.05, 3.63) is 22.8 Å². The largest absolute Gasteiger partial charge is 0.349 e. The summed E-state index contributed by atoms with van der Waals surface area (Å²) in [4.78, 5) is 15.7. The summed E-state index contributed by atoms with van der Waals surface area (Å²) in [7, 11) is -3.16. The number of sulfone groups is 1. The van der Waals surface area contributed by atoms with E-state index in [4.69, 9.17) is 17.4 Å². The monoisotopic (exact) mass is 306 g/mol. The van der Waals surface area contributed by atoms with E-state index in [1.165, 1.54) is 12.1 Å².